The van der Waals surface area contributed by atoms with Crippen molar-refractivity contribution in [2.45, 2.75) is 51.6 Å². The molecule has 0 aliphatic heterocycles. The standard InChI is InChI=1S/C18H28O3/c1-12-6-8-14(16(19)10-12)18(2,3)15-9-7-13(20-4)11-17(15)21-5/h7,9,11-12,14,16,19H,6,8,10H2,1-5H3. The normalized spacial score (nSPS) is 26.5. The van der Waals surface area contributed by atoms with Gasteiger partial charge in [-0.3, -0.25) is 0 Å². The Labute approximate surface area is 128 Å². The molecule has 1 aliphatic carbocycles. The lowest BCUT2D eigenvalue weighted by atomic mass is 9.64. The van der Waals surface area contributed by atoms with Gasteiger partial charge in [-0.1, -0.05) is 33.3 Å². The lowest BCUT2D eigenvalue weighted by molar-refractivity contribution is 0.0138. The van der Waals surface area contributed by atoms with E-state index in [4.69, 9.17) is 9.47 Å². The van der Waals surface area contributed by atoms with Gasteiger partial charge in [0.25, 0.3) is 0 Å². The smallest absolute Gasteiger partial charge is 0.126 e. The van der Waals surface area contributed by atoms with Gasteiger partial charge < -0.3 is 14.6 Å². The maximum Gasteiger partial charge on any atom is 0.126 e. The van der Waals surface area contributed by atoms with E-state index in [1.165, 1.54) is 6.42 Å². The van der Waals surface area contributed by atoms with Gasteiger partial charge in [-0.2, -0.15) is 0 Å². The molecule has 0 heterocycles. The first-order valence-electron chi connectivity index (χ1n) is 7.80. The molecular weight excluding hydrogens is 264 g/mol. The van der Waals surface area contributed by atoms with Crippen LogP contribution >= 0.6 is 0 Å². The van der Waals surface area contributed by atoms with Gasteiger partial charge in [0, 0.05) is 11.6 Å². The van der Waals surface area contributed by atoms with Gasteiger partial charge in [0.05, 0.1) is 20.3 Å². The fraction of sp³-hybridized carbons (Fsp3) is 0.667. The number of hydrogen-bond acceptors (Lipinski definition) is 3. The summed E-state index contributed by atoms with van der Waals surface area (Å²) in [6.45, 7) is 6.64. The first-order valence-corrected chi connectivity index (χ1v) is 7.80. The van der Waals surface area contributed by atoms with E-state index in [9.17, 15) is 5.11 Å². The average molecular weight is 292 g/mol. The summed E-state index contributed by atoms with van der Waals surface area (Å²) < 4.78 is 10.8. The fourth-order valence-corrected chi connectivity index (χ4v) is 3.72. The number of rotatable bonds is 4. The highest BCUT2D eigenvalue weighted by Crippen LogP contribution is 2.45. The van der Waals surface area contributed by atoms with Crippen LogP contribution in [0.2, 0.25) is 0 Å². The van der Waals surface area contributed by atoms with Crippen LogP contribution in [0.1, 0.15) is 45.6 Å². The first-order chi connectivity index (χ1) is 9.90. The van der Waals surface area contributed by atoms with Crippen molar-refractivity contribution >= 4 is 0 Å². The molecule has 118 valence electrons. The van der Waals surface area contributed by atoms with Crippen LogP contribution in [-0.4, -0.2) is 25.4 Å². The molecule has 0 radical (unpaired) electrons. The van der Waals surface area contributed by atoms with Crippen LogP contribution in [0.3, 0.4) is 0 Å². The van der Waals surface area contributed by atoms with Crippen molar-refractivity contribution in [2.24, 2.45) is 11.8 Å². The van der Waals surface area contributed by atoms with Crippen LogP contribution < -0.4 is 9.47 Å². The Morgan fingerprint density at radius 3 is 2.43 bits per heavy atom. The van der Waals surface area contributed by atoms with E-state index in [1.54, 1.807) is 14.2 Å². The Hall–Kier alpha value is -1.22. The largest absolute Gasteiger partial charge is 0.497 e. The van der Waals surface area contributed by atoms with Crippen molar-refractivity contribution in [2.75, 3.05) is 14.2 Å². The van der Waals surface area contributed by atoms with Gasteiger partial charge in [-0.25, -0.2) is 0 Å². The fourth-order valence-electron chi connectivity index (χ4n) is 3.72. The molecule has 1 aromatic rings. The second-order valence-corrected chi connectivity index (χ2v) is 6.88. The van der Waals surface area contributed by atoms with Crippen molar-refractivity contribution < 1.29 is 14.6 Å². The summed E-state index contributed by atoms with van der Waals surface area (Å²) in [6.07, 6.45) is 2.90. The zero-order valence-electron chi connectivity index (χ0n) is 13.8. The van der Waals surface area contributed by atoms with Gasteiger partial charge in [-0.05, 0) is 36.2 Å². The lowest BCUT2D eigenvalue weighted by Gasteiger charge is -2.42. The molecule has 0 saturated heterocycles. The number of ether oxygens (including phenoxy) is 2. The zero-order valence-corrected chi connectivity index (χ0v) is 13.8. The van der Waals surface area contributed by atoms with Crippen LogP contribution in [0.15, 0.2) is 18.2 Å². The highest BCUT2D eigenvalue weighted by atomic mass is 16.5. The molecule has 0 bridgehead atoms. The Bertz CT molecular complexity index is 481. The topological polar surface area (TPSA) is 38.7 Å². The molecule has 1 aliphatic rings. The molecule has 0 spiro atoms. The quantitative estimate of drug-likeness (QED) is 0.918. The summed E-state index contributed by atoms with van der Waals surface area (Å²) in [6, 6.07) is 5.97. The van der Waals surface area contributed by atoms with E-state index in [2.05, 4.69) is 26.8 Å². The van der Waals surface area contributed by atoms with Crippen molar-refractivity contribution in [3.8, 4) is 11.5 Å². The molecule has 1 fully saturated rings. The van der Waals surface area contributed by atoms with Crippen LogP contribution in [0, 0.1) is 11.8 Å². The zero-order chi connectivity index (χ0) is 15.6. The van der Waals surface area contributed by atoms with Gasteiger partial charge in [0.15, 0.2) is 0 Å². The predicted octanol–water partition coefficient (Wildman–Crippen LogP) is 3.78. The van der Waals surface area contributed by atoms with Crippen LogP contribution in [-0.2, 0) is 5.41 Å². The Morgan fingerprint density at radius 1 is 1.14 bits per heavy atom. The van der Waals surface area contributed by atoms with E-state index in [1.807, 2.05) is 12.1 Å². The van der Waals surface area contributed by atoms with Gasteiger partial charge in [0.2, 0.25) is 0 Å². The van der Waals surface area contributed by atoms with Crippen molar-refractivity contribution in [3.63, 3.8) is 0 Å². The van der Waals surface area contributed by atoms with Gasteiger partial charge in [-0.15, -0.1) is 0 Å². The van der Waals surface area contributed by atoms with E-state index in [0.29, 0.717) is 5.92 Å². The monoisotopic (exact) mass is 292 g/mol. The maximum absolute atomic E-state index is 10.5. The summed E-state index contributed by atoms with van der Waals surface area (Å²) in [5.41, 5.74) is 1.02. The first kappa shape index (κ1) is 16.2. The SMILES string of the molecule is COc1ccc(C(C)(C)C2CCC(C)CC2O)c(OC)c1. The molecule has 3 heteroatoms. The summed E-state index contributed by atoms with van der Waals surface area (Å²) in [7, 11) is 3.35. The van der Waals surface area contributed by atoms with Crippen LogP contribution in [0.5, 0.6) is 11.5 Å². The van der Waals surface area contributed by atoms with Crippen molar-refractivity contribution in [3.05, 3.63) is 23.8 Å². The third kappa shape index (κ3) is 3.18. The van der Waals surface area contributed by atoms with Crippen LogP contribution in [0.4, 0.5) is 0 Å². The molecular formula is C18H28O3. The minimum atomic E-state index is -0.240. The summed E-state index contributed by atoms with van der Waals surface area (Å²) in [5.74, 6) is 2.51. The van der Waals surface area contributed by atoms with Gasteiger partial charge >= 0.3 is 0 Å². The third-order valence-electron chi connectivity index (χ3n) is 5.11. The highest BCUT2D eigenvalue weighted by Gasteiger charge is 2.40. The van der Waals surface area contributed by atoms with Crippen molar-refractivity contribution in [1.29, 1.82) is 0 Å². The molecule has 3 atom stereocenters. The maximum atomic E-state index is 10.5. The van der Waals surface area contributed by atoms with E-state index >= 15 is 0 Å². The molecule has 0 amide bonds. The Balaban J connectivity index is 2.34. The summed E-state index contributed by atoms with van der Waals surface area (Å²) in [4.78, 5) is 0. The third-order valence-corrected chi connectivity index (χ3v) is 5.11. The minimum absolute atomic E-state index is 0.128. The predicted molar refractivity (Wildman–Crippen MR) is 85.1 cm³/mol. The molecule has 0 aromatic heterocycles. The Morgan fingerprint density at radius 2 is 1.86 bits per heavy atom. The molecule has 1 aromatic carbocycles. The minimum Gasteiger partial charge on any atom is -0.497 e. The number of benzene rings is 1. The lowest BCUT2D eigenvalue weighted by Crippen LogP contribution is -2.41. The van der Waals surface area contributed by atoms with E-state index in [-0.39, 0.29) is 17.4 Å². The second-order valence-electron chi connectivity index (χ2n) is 6.88. The van der Waals surface area contributed by atoms with Gasteiger partial charge in [0.1, 0.15) is 11.5 Å². The second kappa shape index (κ2) is 6.27. The van der Waals surface area contributed by atoms with Crippen LogP contribution in [0.25, 0.3) is 0 Å². The molecule has 21 heavy (non-hydrogen) atoms. The number of aliphatic hydroxyl groups is 1. The number of aliphatic hydroxyl groups excluding tert-OH is 1. The highest BCUT2D eigenvalue weighted by molar-refractivity contribution is 5.45. The average Bonchev–Trinajstić information content (AvgIpc) is 2.46. The number of methoxy groups -OCH3 is 2. The summed E-state index contributed by atoms with van der Waals surface area (Å²) >= 11 is 0. The summed E-state index contributed by atoms with van der Waals surface area (Å²) in [5, 5.41) is 10.5. The molecule has 3 unspecified atom stereocenters. The molecule has 3 nitrogen and oxygen atoms in total. The Kier molecular flexibility index (Phi) is 4.82. The van der Waals surface area contributed by atoms with Crippen molar-refractivity contribution in [1.82, 2.24) is 0 Å². The van der Waals surface area contributed by atoms with E-state index in [0.717, 1.165) is 29.9 Å². The molecule has 1 saturated carbocycles. The number of hydrogen-bond donors (Lipinski definition) is 1. The van der Waals surface area contributed by atoms with E-state index < -0.39 is 0 Å². The molecule has 1 N–H and O–H groups in total. The molecule has 2 rings (SSSR count).